The van der Waals surface area contributed by atoms with Gasteiger partial charge < -0.3 is 0 Å². The first-order valence-electron chi connectivity index (χ1n) is 5.57. The van der Waals surface area contributed by atoms with Gasteiger partial charge in [-0.25, -0.2) is 4.39 Å². The minimum atomic E-state index is -0.306. The van der Waals surface area contributed by atoms with Crippen molar-refractivity contribution < 1.29 is 4.39 Å². The molecule has 0 radical (unpaired) electrons. The summed E-state index contributed by atoms with van der Waals surface area (Å²) in [5, 5.41) is 0.469. The Morgan fingerprint density at radius 1 is 1.50 bits per heavy atom. The van der Waals surface area contributed by atoms with Crippen molar-refractivity contribution in [3.8, 4) is 0 Å². The third kappa shape index (κ3) is 4.08. The second kappa shape index (κ2) is 6.84. The van der Waals surface area contributed by atoms with Gasteiger partial charge in [0.05, 0.1) is 0 Å². The Balaban J connectivity index is 2.62. The van der Waals surface area contributed by atoms with Gasteiger partial charge in [0.2, 0.25) is 0 Å². The molecule has 0 amide bonds. The van der Waals surface area contributed by atoms with Crippen molar-refractivity contribution in [2.45, 2.75) is 38.6 Å². The first kappa shape index (κ1) is 13.4. The lowest BCUT2D eigenvalue weighted by molar-refractivity contribution is 0.473. The van der Waals surface area contributed by atoms with E-state index in [1.165, 1.54) is 12.1 Å². The zero-order valence-electron chi connectivity index (χ0n) is 9.47. The lowest BCUT2D eigenvalue weighted by Crippen LogP contribution is -2.36. The van der Waals surface area contributed by atoms with E-state index in [4.69, 9.17) is 17.4 Å². The summed E-state index contributed by atoms with van der Waals surface area (Å²) in [7, 11) is 0. The summed E-state index contributed by atoms with van der Waals surface area (Å²) in [6, 6.07) is 4.68. The Bertz CT molecular complexity index is 331. The molecule has 90 valence electrons. The molecule has 1 aromatic carbocycles. The zero-order chi connectivity index (χ0) is 12.0. The molecule has 16 heavy (non-hydrogen) atoms. The van der Waals surface area contributed by atoms with Crippen LogP contribution in [0.5, 0.6) is 0 Å². The minimum absolute atomic E-state index is 0.197. The second-order valence-corrected chi connectivity index (χ2v) is 4.35. The van der Waals surface area contributed by atoms with Crippen LogP contribution in [-0.4, -0.2) is 6.04 Å². The Morgan fingerprint density at radius 2 is 2.25 bits per heavy atom. The van der Waals surface area contributed by atoms with E-state index < -0.39 is 0 Å². The molecule has 0 fully saturated rings. The van der Waals surface area contributed by atoms with Crippen LogP contribution < -0.4 is 11.3 Å². The Labute approximate surface area is 101 Å². The van der Waals surface area contributed by atoms with Gasteiger partial charge in [0.15, 0.2) is 0 Å². The van der Waals surface area contributed by atoms with Crippen LogP contribution in [-0.2, 0) is 6.42 Å². The number of rotatable bonds is 6. The average molecular weight is 245 g/mol. The minimum Gasteiger partial charge on any atom is -0.271 e. The number of nitrogens with two attached hydrogens (primary N) is 1. The van der Waals surface area contributed by atoms with E-state index in [-0.39, 0.29) is 11.9 Å². The topological polar surface area (TPSA) is 38.0 Å². The van der Waals surface area contributed by atoms with E-state index in [1.807, 2.05) is 0 Å². The lowest BCUT2D eigenvalue weighted by Gasteiger charge is -2.16. The number of nitrogens with one attached hydrogen (secondary N) is 1. The highest BCUT2D eigenvalue weighted by atomic mass is 35.5. The van der Waals surface area contributed by atoms with Crippen LogP contribution in [0.25, 0.3) is 0 Å². The van der Waals surface area contributed by atoms with Gasteiger partial charge in [-0.3, -0.25) is 11.3 Å². The molecule has 0 spiro atoms. The van der Waals surface area contributed by atoms with Gasteiger partial charge in [-0.2, -0.15) is 0 Å². The van der Waals surface area contributed by atoms with Gasteiger partial charge in [-0.1, -0.05) is 37.4 Å². The molecule has 0 saturated carbocycles. The standard InChI is InChI=1S/C12H18ClFN2/c1-2-3-4-11(16-15)7-9-5-6-10(14)8-12(9)13/h5-6,8,11,16H,2-4,7,15H2,1H3. The van der Waals surface area contributed by atoms with E-state index in [1.54, 1.807) is 6.07 Å². The zero-order valence-corrected chi connectivity index (χ0v) is 10.2. The first-order valence-corrected chi connectivity index (χ1v) is 5.95. The number of hydrogen-bond acceptors (Lipinski definition) is 2. The predicted molar refractivity (Wildman–Crippen MR) is 65.8 cm³/mol. The van der Waals surface area contributed by atoms with Gasteiger partial charge in [0.25, 0.3) is 0 Å². The number of hydrogen-bond donors (Lipinski definition) is 2. The predicted octanol–water partition coefficient (Wildman–Crippen LogP) is 3.04. The van der Waals surface area contributed by atoms with Crippen molar-refractivity contribution in [2.24, 2.45) is 5.84 Å². The van der Waals surface area contributed by atoms with Crippen molar-refractivity contribution in [1.82, 2.24) is 5.43 Å². The van der Waals surface area contributed by atoms with Gasteiger partial charge in [0, 0.05) is 11.1 Å². The number of benzene rings is 1. The highest BCUT2D eigenvalue weighted by Gasteiger charge is 2.10. The molecule has 0 saturated heterocycles. The van der Waals surface area contributed by atoms with Crippen molar-refractivity contribution in [3.63, 3.8) is 0 Å². The maximum absolute atomic E-state index is 12.8. The highest BCUT2D eigenvalue weighted by molar-refractivity contribution is 6.31. The third-order valence-corrected chi connectivity index (χ3v) is 2.98. The summed E-state index contributed by atoms with van der Waals surface area (Å²) in [5.41, 5.74) is 3.71. The Morgan fingerprint density at radius 3 is 2.81 bits per heavy atom. The fourth-order valence-corrected chi connectivity index (χ4v) is 1.89. The summed E-state index contributed by atoms with van der Waals surface area (Å²) in [6.07, 6.45) is 3.99. The molecule has 0 aliphatic carbocycles. The molecule has 0 bridgehead atoms. The van der Waals surface area contributed by atoms with E-state index in [9.17, 15) is 4.39 Å². The third-order valence-electron chi connectivity index (χ3n) is 2.62. The quantitative estimate of drug-likeness (QED) is 0.596. The summed E-state index contributed by atoms with van der Waals surface area (Å²) >= 11 is 5.96. The molecular weight excluding hydrogens is 227 g/mol. The highest BCUT2D eigenvalue weighted by Crippen LogP contribution is 2.19. The fraction of sp³-hybridized carbons (Fsp3) is 0.500. The lowest BCUT2D eigenvalue weighted by atomic mass is 10.0. The average Bonchev–Trinajstić information content (AvgIpc) is 2.27. The van der Waals surface area contributed by atoms with Crippen LogP contribution in [0.4, 0.5) is 4.39 Å². The molecule has 0 aromatic heterocycles. The molecule has 3 N–H and O–H groups in total. The fourth-order valence-electron chi connectivity index (χ4n) is 1.65. The van der Waals surface area contributed by atoms with E-state index in [0.717, 1.165) is 31.2 Å². The summed E-state index contributed by atoms with van der Waals surface area (Å²) in [6.45, 7) is 2.14. The van der Waals surface area contributed by atoms with Crippen LogP contribution in [0.1, 0.15) is 31.7 Å². The maximum Gasteiger partial charge on any atom is 0.124 e. The monoisotopic (exact) mass is 244 g/mol. The van der Waals surface area contributed by atoms with Crippen LogP contribution in [0.2, 0.25) is 5.02 Å². The van der Waals surface area contributed by atoms with Crippen molar-refractivity contribution >= 4 is 11.6 Å². The van der Waals surface area contributed by atoms with Crippen LogP contribution in [0, 0.1) is 5.82 Å². The molecule has 4 heteroatoms. The Kier molecular flexibility index (Phi) is 5.74. The number of halogens is 2. The Hall–Kier alpha value is -0.640. The van der Waals surface area contributed by atoms with Crippen LogP contribution >= 0.6 is 11.6 Å². The van der Waals surface area contributed by atoms with Crippen LogP contribution in [0.15, 0.2) is 18.2 Å². The summed E-state index contributed by atoms with van der Waals surface area (Å²) < 4.78 is 12.8. The molecule has 0 aliphatic heterocycles. The largest absolute Gasteiger partial charge is 0.271 e. The first-order chi connectivity index (χ1) is 7.67. The van der Waals surface area contributed by atoms with Gasteiger partial charge in [-0.05, 0) is 30.5 Å². The van der Waals surface area contributed by atoms with Crippen molar-refractivity contribution in [3.05, 3.63) is 34.6 Å². The van der Waals surface area contributed by atoms with Gasteiger partial charge in [-0.15, -0.1) is 0 Å². The summed E-state index contributed by atoms with van der Waals surface area (Å²) in [4.78, 5) is 0. The van der Waals surface area contributed by atoms with E-state index >= 15 is 0 Å². The molecule has 1 atom stereocenters. The number of unbranched alkanes of at least 4 members (excludes halogenated alkanes) is 1. The SMILES string of the molecule is CCCCC(Cc1ccc(F)cc1Cl)NN. The van der Waals surface area contributed by atoms with Crippen molar-refractivity contribution in [1.29, 1.82) is 0 Å². The summed E-state index contributed by atoms with van der Waals surface area (Å²) in [5.74, 6) is 5.17. The van der Waals surface area contributed by atoms with Crippen LogP contribution in [0.3, 0.4) is 0 Å². The maximum atomic E-state index is 12.8. The second-order valence-electron chi connectivity index (χ2n) is 3.95. The molecule has 1 unspecified atom stereocenters. The number of hydrazine groups is 1. The molecule has 1 rings (SSSR count). The molecular formula is C12H18ClFN2. The molecule has 2 nitrogen and oxygen atoms in total. The van der Waals surface area contributed by atoms with Gasteiger partial charge in [0.1, 0.15) is 5.82 Å². The molecule has 0 heterocycles. The van der Waals surface area contributed by atoms with Gasteiger partial charge >= 0.3 is 0 Å². The van der Waals surface area contributed by atoms with E-state index in [2.05, 4.69) is 12.3 Å². The van der Waals surface area contributed by atoms with E-state index in [0.29, 0.717) is 5.02 Å². The van der Waals surface area contributed by atoms with Crippen molar-refractivity contribution in [2.75, 3.05) is 0 Å². The smallest absolute Gasteiger partial charge is 0.124 e. The molecule has 1 aromatic rings. The molecule has 0 aliphatic rings. The normalized spacial score (nSPS) is 12.8.